The molecule has 1 saturated heterocycles. The quantitative estimate of drug-likeness (QED) is 0.513. The smallest absolute Gasteiger partial charge is 0.228 e. The van der Waals surface area contributed by atoms with E-state index in [9.17, 15) is 4.79 Å². The molecular formula is C23H30N6O3. The SMILES string of the molecule is CCCn1cnc2c(-c3cccc(OCCCC(=O)NC)c3)nc(N3CCOCC3)nc21. The number of rotatable bonds is 9. The number of carbonyl (C=O) groups excluding carboxylic acids is 1. The molecule has 1 aliphatic rings. The summed E-state index contributed by atoms with van der Waals surface area (Å²) < 4.78 is 13.5. The Morgan fingerprint density at radius 2 is 2.09 bits per heavy atom. The minimum Gasteiger partial charge on any atom is -0.494 e. The number of hydrogen-bond donors (Lipinski definition) is 1. The molecule has 32 heavy (non-hydrogen) atoms. The highest BCUT2D eigenvalue weighted by Crippen LogP contribution is 2.30. The van der Waals surface area contributed by atoms with E-state index in [1.807, 2.05) is 30.6 Å². The van der Waals surface area contributed by atoms with Gasteiger partial charge in [-0.3, -0.25) is 4.79 Å². The van der Waals surface area contributed by atoms with Gasteiger partial charge in [0.15, 0.2) is 5.65 Å². The van der Waals surface area contributed by atoms with Gasteiger partial charge in [0.1, 0.15) is 17.0 Å². The third kappa shape index (κ3) is 4.99. The lowest BCUT2D eigenvalue weighted by molar-refractivity contribution is -0.120. The van der Waals surface area contributed by atoms with E-state index in [0.717, 1.165) is 54.2 Å². The Morgan fingerprint density at radius 1 is 1.25 bits per heavy atom. The number of fused-ring (bicyclic) bond motifs is 1. The number of anilines is 1. The summed E-state index contributed by atoms with van der Waals surface area (Å²) in [5.41, 5.74) is 3.35. The van der Waals surface area contributed by atoms with Crippen LogP contribution in [0, 0.1) is 0 Å². The normalized spacial score (nSPS) is 14.0. The fraction of sp³-hybridized carbons (Fsp3) is 0.478. The lowest BCUT2D eigenvalue weighted by Crippen LogP contribution is -2.37. The topological polar surface area (TPSA) is 94.4 Å². The van der Waals surface area contributed by atoms with E-state index in [1.165, 1.54) is 0 Å². The first-order valence-electron chi connectivity index (χ1n) is 11.2. The zero-order valence-electron chi connectivity index (χ0n) is 18.7. The zero-order valence-corrected chi connectivity index (χ0v) is 18.7. The Morgan fingerprint density at radius 3 is 2.88 bits per heavy atom. The number of imidazole rings is 1. The van der Waals surface area contributed by atoms with E-state index in [1.54, 1.807) is 7.05 Å². The molecule has 1 amide bonds. The molecule has 0 unspecified atom stereocenters. The maximum Gasteiger partial charge on any atom is 0.228 e. The first-order chi connectivity index (χ1) is 15.7. The molecule has 0 saturated carbocycles. The van der Waals surface area contributed by atoms with Gasteiger partial charge in [0, 0.05) is 38.7 Å². The van der Waals surface area contributed by atoms with Gasteiger partial charge in [-0.25, -0.2) is 9.97 Å². The lowest BCUT2D eigenvalue weighted by Gasteiger charge is -2.27. The Hall–Kier alpha value is -3.20. The van der Waals surface area contributed by atoms with Gasteiger partial charge in [-0.2, -0.15) is 4.98 Å². The molecule has 1 fully saturated rings. The zero-order chi connectivity index (χ0) is 22.3. The van der Waals surface area contributed by atoms with Crippen molar-refractivity contribution in [2.45, 2.75) is 32.7 Å². The van der Waals surface area contributed by atoms with Crippen LogP contribution in [0.1, 0.15) is 26.2 Å². The second kappa shape index (κ2) is 10.4. The molecule has 1 aromatic carbocycles. The van der Waals surface area contributed by atoms with Crippen LogP contribution in [-0.4, -0.2) is 65.4 Å². The van der Waals surface area contributed by atoms with Gasteiger partial charge in [0.2, 0.25) is 11.9 Å². The average Bonchev–Trinajstić information content (AvgIpc) is 3.25. The molecule has 0 bridgehead atoms. The molecule has 0 aliphatic carbocycles. The average molecular weight is 439 g/mol. The van der Waals surface area contributed by atoms with Crippen molar-refractivity contribution >= 4 is 23.0 Å². The molecule has 0 spiro atoms. The molecule has 170 valence electrons. The van der Waals surface area contributed by atoms with E-state index in [-0.39, 0.29) is 5.91 Å². The van der Waals surface area contributed by atoms with E-state index < -0.39 is 0 Å². The van der Waals surface area contributed by atoms with Gasteiger partial charge in [-0.15, -0.1) is 0 Å². The van der Waals surface area contributed by atoms with Crippen molar-refractivity contribution in [1.82, 2.24) is 24.8 Å². The lowest BCUT2D eigenvalue weighted by atomic mass is 10.1. The number of morpholine rings is 1. The van der Waals surface area contributed by atoms with E-state index >= 15 is 0 Å². The molecule has 0 radical (unpaired) electrons. The van der Waals surface area contributed by atoms with Crippen molar-refractivity contribution in [3.05, 3.63) is 30.6 Å². The van der Waals surface area contributed by atoms with Crippen LogP contribution in [0.15, 0.2) is 30.6 Å². The standard InChI is InChI=1S/C23H30N6O3/c1-3-9-29-16-25-21-20(26-23(27-22(21)29)28-10-13-31-14-11-28)17-6-4-7-18(15-17)32-12-5-8-19(30)24-2/h4,6-7,15-16H,3,5,8-14H2,1-2H3,(H,24,30). The number of amides is 1. The number of hydrogen-bond acceptors (Lipinski definition) is 7. The van der Waals surface area contributed by atoms with Crippen molar-refractivity contribution in [2.75, 3.05) is 44.9 Å². The summed E-state index contributed by atoms with van der Waals surface area (Å²) in [5.74, 6) is 1.46. The number of aromatic nitrogens is 4. The summed E-state index contributed by atoms with van der Waals surface area (Å²) in [6.07, 6.45) is 3.94. The number of nitrogens with one attached hydrogen (secondary N) is 1. The number of ether oxygens (including phenoxy) is 2. The minimum absolute atomic E-state index is 0.0176. The summed E-state index contributed by atoms with van der Waals surface area (Å²) in [6.45, 7) is 6.34. The Balaban J connectivity index is 1.64. The third-order valence-corrected chi connectivity index (χ3v) is 5.41. The van der Waals surface area contributed by atoms with Crippen molar-refractivity contribution in [3.8, 4) is 17.0 Å². The number of benzene rings is 1. The summed E-state index contributed by atoms with van der Waals surface area (Å²) in [4.78, 5) is 28.0. The van der Waals surface area contributed by atoms with Crippen LogP contribution in [0.2, 0.25) is 0 Å². The van der Waals surface area contributed by atoms with Gasteiger partial charge < -0.3 is 24.3 Å². The van der Waals surface area contributed by atoms with E-state index in [0.29, 0.717) is 38.6 Å². The molecule has 1 N–H and O–H groups in total. The second-order valence-electron chi connectivity index (χ2n) is 7.73. The molecule has 9 nitrogen and oxygen atoms in total. The molecule has 3 heterocycles. The van der Waals surface area contributed by atoms with Gasteiger partial charge >= 0.3 is 0 Å². The number of carbonyl (C=O) groups is 1. The highest BCUT2D eigenvalue weighted by molar-refractivity contribution is 5.88. The van der Waals surface area contributed by atoms with Crippen LogP contribution in [0.5, 0.6) is 5.75 Å². The van der Waals surface area contributed by atoms with Crippen LogP contribution in [-0.2, 0) is 16.1 Å². The Kier molecular flexibility index (Phi) is 7.16. The maximum atomic E-state index is 11.4. The largest absolute Gasteiger partial charge is 0.494 e. The number of aryl methyl sites for hydroxylation is 1. The predicted octanol–water partition coefficient (Wildman–Crippen LogP) is 2.64. The summed E-state index contributed by atoms with van der Waals surface area (Å²) in [7, 11) is 1.64. The molecule has 9 heteroatoms. The van der Waals surface area contributed by atoms with Gasteiger partial charge in [0.25, 0.3) is 0 Å². The predicted molar refractivity (Wildman–Crippen MR) is 123 cm³/mol. The molecule has 2 aromatic heterocycles. The summed E-state index contributed by atoms with van der Waals surface area (Å²) in [5, 5.41) is 2.63. The highest BCUT2D eigenvalue weighted by Gasteiger charge is 2.20. The maximum absolute atomic E-state index is 11.4. The minimum atomic E-state index is 0.0176. The van der Waals surface area contributed by atoms with Crippen molar-refractivity contribution in [3.63, 3.8) is 0 Å². The van der Waals surface area contributed by atoms with Gasteiger partial charge in [-0.1, -0.05) is 19.1 Å². The third-order valence-electron chi connectivity index (χ3n) is 5.41. The second-order valence-corrected chi connectivity index (χ2v) is 7.73. The fourth-order valence-corrected chi connectivity index (χ4v) is 3.72. The summed E-state index contributed by atoms with van der Waals surface area (Å²) in [6, 6.07) is 7.86. The fourth-order valence-electron chi connectivity index (χ4n) is 3.72. The van der Waals surface area contributed by atoms with Crippen LogP contribution in [0.3, 0.4) is 0 Å². The molecular weight excluding hydrogens is 408 g/mol. The first kappa shape index (κ1) is 22.0. The van der Waals surface area contributed by atoms with Crippen molar-refractivity contribution in [1.29, 1.82) is 0 Å². The monoisotopic (exact) mass is 438 g/mol. The first-order valence-corrected chi connectivity index (χ1v) is 11.2. The number of nitrogens with zero attached hydrogens (tertiary/aromatic N) is 5. The molecule has 0 atom stereocenters. The van der Waals surface area contributed by atoms with Crippen LogP contribution < -0.4 is 15.0 Å². The van der Waals surface area contributed by atoms with Crippen LogP contribution in [0.4, 0.5) is 5.95 Å². The van der Waals surface area contributed by atoms with E-state index in [4.69, 9.17) is 19.4 Å². The van der Waals surface area contributed by atoms with Crippen LogP contribution in [0.25, 0.3) is 22.4 Å². The van der Waals surface area contributed by atoms with Crippen molar-refractivity contribution < 1.29 is 14.3 Å². The molecule has 4 rings (SSSR count). The molecule has 3 aromatic rings. The van der Waals surface area contributed by atoms with Gasteiger partial charge in [0.05, 0.1) is 26.1 Å². The highest BCUT2D eigenvalue weighted by atomic mass is 16.5. The van der Waals surface area contributed by atoms with Crippen molar-refractivity contribution in [2.24, 2.45) is 0 Å². The van der Waals surface area contributed by atoms with Crippen LogP contribution >= 0.6 is 0 Å². The Labute approximate surface area is 187 Å². The summed E-state index contributed by atoms with van der Waals surface area (Å²) >= 11 is 0. The Bertz CT molecular complexity index is 1060. The molecule has 1 aliphatic heterocycles. The van der Waals surface area contributed by atoms with E-state index in [2.05, 4.69) is 26.7 Å². The van der Waals surface area contributed by atoms with Gasteiger partial charge in [-0.05, 0) is 25.0 Å².